The topological polar surface area (TPSA) is 105 Å². The molecule has 0 saturated carbocycles. The van der Waals surface area contributed by atoms with E-state index in [-0.39, 0.29) is 18.4 Å². The molecule has 1 aliphatic rings. The van der Waals surface area contributed by atoms with Gasteiger partial charge in [-0.3, -0.25) is 13.9 Å². The van der Waals surface area contributed by atoms with E-state index in [2.05, 4.69) is 10.6 Å². The number of ether oxygens (including phenoxy) is 1. The molecule has 0 spiro atoms. The van der Waals surface area contributed by atoms with E-state index in [0.717, 1.165) is 34.5 Å². The van der Waals surface area contributed by atoms with Gasteiger partial charge in [0.2, 0.25) is 15.9 Å². The van der Waals surface area contributed by atoms with Crippen molar-refractivity contribution in [1.82, 2.24) is 5.32 Å². The first kappa shape index (κ1) is 25.7. The van der Waals surface area contributed by atoms with E-state index in [4.69, 9.17) is 4.74 Å². The Labute approximate surface area is 201 Å². The third-order valence-electron chi connectivity index (χ3n) is 6.02. The van der Waals surface area contributed by atoms with Crippen LogP contribution in [0.15, 0.2) is 42.5 Å². The van der Waals surface area contributed by atoms with E-state index in [1.165, 1.54) is 0 Å². The van der Waals surface area contributed by atoms with Gasteiger partial charge in [-0.25, -0.2) is 8.42 Å². The van der Waals surface area contributed by atoms with Gasteiger partial charge in [0.1, 0.15) is 6.04 Å². The first-order valence-electron chi connectivity index (χ1n) is 11.5. The number of benzene rings is 2. The first-order chi connectivity index (χ1) is 16.1. The Morgan fingerprint density at radius 3 is 2.50 bits per heavy atom. The highest BCUT2D eigenvalue weighted by atomic mass is 32.2. The van der Waals surface area contributed by atoms with Crippen LogP contribution in [0.2, 0.25) is 0 Å². The summed E-state index contributed by atoms with van der Waals surface area (Å²) in [4.78, 5) is 26.1. The molecule has 9 heteroatoms. The van der Waals surface area contributed by atoms with Crippen LogP contribution in [0.5, 0.6) is 0 Å². The average molecular weight is 488 g/mol. The molecule has 34 heavy (non-hydrogen) atoms. The Morgan fingerprint density at radius 2 is 1.88 bits per heavy atom. The predicted octanol–water partition coefficient (Wildman–Crippen LogP) is 3.40. The summed E-state index contributed by atoms with van der Waals surface area (Å²) in [7, 11) is -3.76. The number of amides is 2. The number of sulfonamides is 1. The molecule has 1 heterocycles. The number of nitrogens with zero attached hydrogens (tertiary/aromatic N) is 1. The van der Waals surface area contributed by atoms with Gasteiger partial charge in [0.25, 0.3) is 5.91 Å². The Morgan fingerprint density at radius 1 is 1.15 bits per heavy atom. The molecule has 0 aromatic heterocycles. The summed E-state index contributed by atoms with van der Waals surface area (Å²) in [6, 6.07) is 11.0. The number of rotatable bonds is 9. The highest BCUT2D eigenvalue weighted by molar-refractivity contribution is 7.92. The van der Waals surface area contributed by atoms with Gasteiger partial charge in [0.15, 0.2) is 0 Å². The van der Waals surface area contributed by atoms with Crippen molar-refractivity contribution < 1.29 is 22.7 Å². The number of nitrogens with one attached hydrogen (secondary N) is 2. The maximum Gasteiger partial charge on any atom is 0.253 e. The molecule has 2 amide bonds. The van der Waals surface area contributed by atoms with E-state index in [9.17, 15) is 18.0 Å². The van der Waals surface area contributed by atoms with Gasteiger partial charge < -0.3 is 15.4 Å². The second-order valence-electron chi connectivity index (χ2n) is 8.63. The Balaban J connectivity index is 1.83. The van der Waals surface area contributed by atoms with Gasteiger partial charge >= 0.3 is 0 Å². The molecule has 0 radical (unpaired) electrons. The van der Waals surface area contributed by atoms with Crippen molar-refractivity contribution in [2.75, 3.05) is 29.0 Å². The van der Waals surface area contributed by atoms with Crippen LogP contribution in [0.3, 0.4) is 0 Å². The van der Waals surface area contributed by atoms with Gasteiger partial charge in [0, 0.05) is 13.2 Å². The zero-order valence-electron chi connectivity index (χ0n) is 20.1. The summed E-state index contributed by atoms with van der Waals surface area (Å²) < 4.78 is 32.2. The highest BCUT2D eigenvalue weighted by Gasteiger charge is 2.32. The van der Waals surface area contributed by atoms with Gasteiger partial charge in [-0.2, -0.15) is 0 Å². The Kier molecular flexibility index (Phi) is 8.33. The quantitative estimate of drug-likeness (QED) is 0.564. The Bertz CT molecular complexity index is 1140. The molecule has 1 saturated heterocycles. The zero-order chi connectivity index (χ0) is 24.9. The summed E-state index contributed by atoms with van der Waals surface area (Å²) in [6.45, 7) is 6.68. The molecule has 1 fully saturated rings. The van der Waals surface area contributed by atoms with Crippen LogP contribution in [0, 0.1) is 13.8 Å². The Hall–Kier alpha value is -2.91. The smallest absolute Gasteiger partial charge is 0.253 e. The molecule has 2 atom stereocenters. The summed E-state index contributed by atoms with van der Waals surface area (Å²) in [5, 5.41) is 5.64. The van der Waals surface area contributed by atoms with Gasteiger partial charge in [-0.05, 0) is 68.5 Å². The standard InChI is InChI=1S/C25H33N3O5S/c1-5-23(28(34(4,31)32)19-13-12-17(2)18(3)15-19)25(30)27-22-11-7-6-10-21(22)24(29)26-16-20-9-8-14-33-20/h6-7,10-13,15,20,23H,5,8-9,14,16H2,1-4H3,(H,26,29)(H,27,30)/t20-,23+/m1/s1. The van der Waals surface area contributed by atoms with Crippen molar-refractivity contribution in [1.29, 1.82) is 0 Å². The second kappa shape index (κ2) is 11.0. The molecule has 1 aliphatic heterocycles. The molecule has 0 unspecified atom stereocenters. The monoisotopic (exact) mass is 487 g/mol. The number of hydrogen-bond donors (Lipinski definition) is 2. The third-order valence-corrected chi connectivity index (χ3v) is 7.20. The van der Waals surface area contributed by atoms with Crippen LogP contribution < -0.4 is 14.9 Å². The van der Waals surface area contributed by atoms with E-state index in [1.807, 2.05) is 19.9 Å². The minimum absolute atomic E-state index is 0.00328. The number of para-hydroxylation sites is 1. The van der Waals surface area contributed by atoms with E-state index in [0.29, 0.717) is 30.1 Å². The summed E-state index contributed by atoms with van der Waals surface area (Å²) in [5.41, 5.74) is 3.01. The SMILES string of the molecule is CC[C@@H](C(=O)Nc1ccccc1C(=O)NC[C@H]1CCCO1)N(c1ccc(C)c(C)c1)S(C)(=O)=O. The number of carbonyl (C=O) groups excluding carboxylic acids is 2. The zero-order valence-corrected chi connectivity index (χ0v) is 20.9. The van der Waals surface area contributed by atoms with Crippen LogP contribution >= 0.6 is 0 Å². The fourth-order valence-electron chi connectivity index (χ4n) is 4.04. The van der Waals surface area contributed by atoms with Crippen LogP contribution in [0.1, 0.15) is 47.7 Å². The van der Waals surface area contributed by atoms with Crippen molar-refractivity contribution in [3.05, 3.63) is 59.2 Å². The van der Waals surface area contributed by atoms with E-state index >= 15 is 0 Å². The van der Waals surface area contributed by atoms with E-state index in [1.54, 1.807) is 43.3 Å². The van der Waals surface area contributed by atoms with Crippen LogP contribution in [0.4, 0.5) is 11.4 Å². The van der Waals surface area contributed by atoms with Crippen molar-refractivity contribution in [2.45, 2.75) is 52.2 Å². The predicted molar refractivity (Wildman–Crippen MR) is 134 cm³/mol. The van der Waals surface area contributed by atoms with Crippen LogP contribution in [-0.4, -0.2) is 51.8 Å². The number of anilines is 2. The van der Waals surface area contributed by atoms with Gasteiger partial charge in [-0.15, -0.1) is 0 Å². The van der Waals surface area contributed by atoms with Gasteiger partial charge in [-0.1, -0.05) is 25.1 Å². The minimum atomic E-state index is -3.76. The molecule has 184 valence electrons. The fourth-order valence-corrected chi connectivity index (χ4v) is 5.24. The largest absolute Gasteiger partial charge is 0.376 e. The molecule has 2 N–H and O–H groups in total. The number of hydrogen-bond acceptors (Lipinski definition) is 5. The molecular formula is C25H33N3O5S. The molecule has 2 aromatic carbocycles. The lowest BCUT2D eigenvalue weighted by Gasteiger charge is -2.30. The molecule has 2 aromatic rings. The van der Waals surface area contributed by atoms with Crippen LogP contribution in [-0.2, 0) is 19.6 Å². The maximum absolute atomic E-state index is 13.3. The minimum Gasteiger partial charge on any atom is -0.376 e. The lowest BCUT2D eigenvalue weighted by Crippen LogP contribution is -2.47. The van der Waals surface area contributed by atoms with E-state index < -0.39 is 22.0 Å². The van der Waals surface area contributed by atoms with Crippen molar-refractivity contribution in [3.63, 3.8) is 0 Å². The molecule has 3 rings (SSSR count). The van der Waals surface area contributed by atoms with Gasteiger partial charge in [0.05, 0.1) is 29.3 Å². The second-order valence-corrected chi connectivity index (χ2v) is 10.5. The number of carbonyl (C=O) groups is 2. The fraction of sp³-hybridized carbons (Fsp3) is 0.440. The van der Waals surface area contributed by atoms with Crippen molar-refractivity contribution in [3.8, 4) is 0 Å². The average Bonchev–Trinajstić information content (AvgIpc) is 3.31. The molecule has 0 bridgehead atoms. The number of aryl methyl sites for hydroxylation is 2. The third kappa shape index (κ3) is 6.15. The van der Waals surface area contributed by atoms with Crippen molar-refractivity contribution in [2.24, 2.45) is 0 Å². The highest BCUT2D eigenvalue weighted by Crippen LogP contribution is 2.26. The lowest BCUT2D eigenvalue weighted by atomic mass is 10.1. The summed E-state index contributed by atoms with van der Waals surface area (Å²) in [6.07, 6.45) is 3.21. The normalized spacial score (nSPS) is 16.6. The van der Waals surface area contributed by atoms with Crippen LogP contribution in [0.25, 0.3) is 0 Å². The first-order valence-corrected chi connectivity index (χ1v) is 13.3. The molecule has 8 nitrogen and oxygen atoms in total. The molecule has 0 aliphatic carbocycles. The maximum atomic E-state index is 13.3. The lowest BCUT2D eigenvalue weighted by molar-refractivity contribution is -0.117. The molecular weight excluding hydrogens is 454 g/mol. The summed E-state index contributed by atoms with van der Waals surface area (Å²) >= 11 is 0. The summed E-state index contributed by atoms with van der Waals surface area (Å²) in [5.74, 6) is -0.834. The van der Waals surface area contributed by atoms with Crippen molar-refractivity contribution >= 4 is 33.2 Å².